The van der Waals surface area contributed by atoms with Crippen LogP contribution in [0.25, 0.3) is 0 Å². The van der Waals surface area contributed by atoms with Gasteiger partial charge in [-0.2, -0.15) is 0 Å². The van der Waals surface area contributed by atoms with E-state index in [1.807, 2.05) is 0 Å². The molecule has 1 fully saturated rings. The molecule has 0 saturated heterocycles. The Bertz CT molecular complexity index is 224. The molecule has 1 rings (SSSR count). The van der Waals surface area contributed by atoms with E-state index in [4.69, 9.17) is 0 Å². The normalized spacial score (nSPS) is 15.3. The van der Waals surface area contributed by atoms with Gasteiger partial charge in [0.25, 0.3) is 0 Å². The molecule has 1 N–H and O–H groups in total. The molecule has 3 nitrogen and oxygen atoms in total. The van der Waals surface area contributed by atoms with Crippen LogP contribution in [-0.4, -0.2) is 36.0 Å². The zero-order valence-electron chi connectivity index (χ0n) is 11.7. The van der Waals surface area contributed by atoms with E-state index >= 15 is 0 Å². The first-order valence-electron chi connectivity index (χ1n) is 7.18. The minimum Gasteiger partial charge on any atom is -0.340 e. The van der Waals surface area contributed by atoms with E-state index in [0.717, 1.165) is 25.9 Å². The van der Waals surface area contributed by atoms with Gasteiger partial charge < -0.3 is 10.2 Å². The fourth-order valence-electron chi connectivity index (χ4n) is 2.00. The summed E-state index contributed by atoms with van der Waals surface area (Å²) in [6, 6.07) is 1.09. The lowest BCUT2D eigenvalue weighted by Crippen LogP contribution is -2.34. The van der Waals surface area contributed by atoms with Crippen molar-refractivity contribution in [3.63, 3.8) is 0 Å². The lowest BCUT2D eigenvalue weighted by atomic mass is 10.2. The third-order valence-electron chi connectivity index (χ3n) is 3.18. The van der Waals surface area contributed by atoms with Crippen molar-refractivity contribution in [1.29, 1.82) is 0 Å². The lowest BCUT2D eigenvalue weighted by molar-refractivity contribution is -0.131. The van der Waals surface area contributed by atoms with E-state index in [2.05, 4.69) is 31.0 Å². The van der Waals surface area contributed by atoms with Gasteiger partial charge in [-0.15, -0.1) is 0 Å². The number of rotatable bonds is 9. The van der Waals surface area contributed by atoms with Crippen molar-refractivity contribution >= 4 is 5.91 Å². The predicted molar refractivity (Wildman–Crippen MR) is 72.0 cm³/mol. The number of nitrogens with one attached hydrogen (secondary N) is 1. The first-order chi connectivity index (χ1) is 8.15. The molecular weight excluding hydrogens is 212 g/mol. The average Bonchev–Trinajstić information content (AvgIpc) is 3.09. The van der Waals surface area contributed by atoms with Crippen LogP contribution in [0, 0.1) is 0 Å². The van der Waals surface area contributed by atoms with Crippen molar-refractivity contribution < 1.29 is 4.79 Å². The molecule has 3 heteroatoms. The highest BCUT2D eigenvalue weighted by Crippen LogP contribution is 2.27. The van der Waals surface area contributed by atoms with Crippen LogP contribution in [0.2, 0.25) is 0 Å². The predicted octanol–water partition coefficient (Wildman–Crippen LogP) is 2.56. The smallest absolute Gasteiger partial charge is 0.222 e. The third kappa shape index (κ3) is 6.06. The van der Waals surface area contributed by atoms with Crippen molar-refractivity contribution in [2.45, 2.75) is 71.4 Å². The highest BCUT2D eigenvalue weighted by Gasteiger charge is 2.31. The maximum atomic E-state index is 12.1. The Morgan fingerprint density at radius 1 is 1.35 bits per heavy atom. The Morgan fingerprint density at radius 3 is 2.59 bits per heavy atom. The van der Waals surface area contributed by atoms with E-state index in [9.17, 15) is 4.79 Å². The van der Waals surface area contributed by atoms with E-state index in [-0.39, 0.29) is 0 Å². The van der Waals surface area contributed by atoms with Crippen LogP contribution in [0.3, 0.4) is 0 Å². The molecule has 0 unspecified atom stereocenters. The second-order valence-electron chi connectivity index (χ2n) is 5.38. The van der Waals surface area contributed by atoms with Gasteiger partial charge in [0.05, 0.1) is 0 Å². The highest BCUT2D eigenvalue weighted by atomic mass is 16.2. The summed E-state index contributed by atoms with van der Waals surface area (Å²) >= 11 is 0. The van der Waals surface area contributed by atoms with Gasteiger partial charge in [0.15, 0.2) is 0 Å². The fraction of sp³-hybridized carbons (Fsp3) is 0.929. The summed E-state index contributed by atoms with van der Waals surface area (Å²) in [5.74, 6) is 0.367. The van der Waals surface area contributed by atoms with Crippen LogP contribution in [0.4, 0.5) is 0 Å². The molecule has 0 radical (unpaired) electrons. The molecule has 0 heterocycles. The average molecular weight is 240 g/mol. The van der Waals surface area contributed by atoms with Crippen LogP contribution in [-0.2, 0) is 4.79 Å². The maximum Gasteiger partial charge on any atom is 0.222 e. The van der Waals surface area contributed by atoms with Crippen molar-refractivity contribution in [2.24, 2.45) is 0 Å². The molecule has 1 aliphatic carbocycles. The molecular formula is C14H28N2O. The molecule has 17 heavy (non-hydrogen) atoms. The molecule has 0 aromatic rings. The quantitative estimate of drug-likeness (QED) is 0.628. The van der Waals surface area contributed by atoms with Crippen LogP contribution in [0.15, 0.2) is 0 Å². The van der Waals surface area contributed by atoms with Gasteiger partial charge in [-0.1, -0.05) is 27.2 Å². The molecule has 1 amide bonds. The molecule has 1 saturated carbocycles. The molecule has 1 aliphatic rings. The van der Waals surface area contributed by atoms with Crippen LogP contribution in [0.5, 0.6) is 0 Å². The summed E-state index contributed by atoms with van der Waals surface area (Å²) < 4.78 is 0. The summed E-state index contributed by atoms with van der Waals surface area (Å²) in [4.78, 5) is 14.2. The monoisotopic (exact) mass is 240 g/mol. The Labute approximate surface area is 106 Å². The van der Waals surface area contributed by atoms with Crippen molar-refractivity contribution in [3.8, 4) is 0 Å². The van der Waals surface area contributed by atoms with Gasteiger partial charge in [0.1, 0.15) is 0 Å². The number of carbonyl (C=O) groups is 1. The van der Waals surface area contributed by atoms with Crippen molar-refractivity contribution in [1.82, 2.24) is 10.2 Å². The molecule has 0 spiro atoms. The summed E-state index contributed by atoms with van der Waals surface area (Å²) in [7, 11) is 0. The van der Waals surface area contributed by atoms with E-state index < -0.39 is 0 Å². The molecule has 0 atom stereocenters. The van der Waals surface area contributed by atoms with Gasteiger partial charge in [-0.25, -0.2) is 0 Å². The second-order valence-corrected chi connectivity index (χ2v) is 5.38. The van der Waals surface area contributed by atoms with Gasteiger partial charge in [-0.3, -0.25) is 4.79 Å². The van der Waals surface area contributed by atoms with E-state index in [1.165, 1.54) is 19.3 Å². The zero-order chi connectivity index (χ0) is 12.7. The molecule has 0 bridgehead atoms. The summed E-state index contributed by atoms with van der Waals surface area (Å²) in [6.45, 7) is 8.38. The Balaban J connectivity index is 2.18. The summed E-state index contributed by atoms with van der Waals surface area (Å²) in [6.07, 6.45) is 6.43. The zero-order valence-corrected chi connectivity index (χ0v) is 11.7. The van der Waals surface area contributed by atoms with Crippen molar-refractivity contribution in [2.75, 3.05) is 13.1 Å². The first kappa shape index (κ1) is 14.5. The topological polar surface area (TPSA) is 32.3 Å². The van der Waals surface area contributed by atoms with Gasteiger partial charge in [0.2, 0.25) is 5.91 Å². The van der Waals surface area contributed by atoms with Crippen LogP contribution >= 0.6 is 0 Å². The Morgan fingerprint density at radius 2 is 2.06 bits per heavy atom. The fourth-order valence-corrected chi connectivity index (χ4v) is 2.00. The second kappa shape index (κ2) is 7.70. The Kier molecular flexibility index (Phi) is 6.56. The number of hydrogen-bond donors (Lipinski definition) is 1. The minimum atomic E-state index is 0.367. The number of nitrogens with zero attached hydrogens (tertiary/aromatic N) is 1. The SMILES string of the molecule is CCCCN(C(=O)CCCNC(C)C)C1CC1. The largest absolute Gasteiger partial charge is 0.340 e. The highest BCUT2D eigenvalue weighted by molar-refractivity contribution is 5.76. The molecule has 0 aliphatic heterocycles. The molecule has 0 aromatic carbocycles. The third-order valence-corrected chi connectivity index (χ3v) is 3.18. The van der Waals surface area contributed by atoms with Crippen molar-refractivity contribution in [3.05, 3.63) is 0 Å². The standard InChI is InChI=1S/C14H28N2O/c1-4-5-11-16(13-8-9-13)14(17)7-6-10-15-12(2)3/h12-13,15H,4-11H2,1-3H3. The van der Waals surface area contributed by atoms with Crippen LogP contribution < -0.4 is 5.32 Å². The number of carbonyl (C=O) groups excluding carboxylic acids is 1. The maximum absolute atomic E-state index is 12.1. The molecule has 100 valence electrons. The Hall–Kier alpha value is -0.570. The number of unbranched alkanes of at least 4 members (excludes halogenated alkanes) is 1. The van der Waals surface area contributed by atoms with Gasteiger partial charge in [-0.05, 0) is 32.2 Å². The minimum absolute atomic E-state index is 0.367. The molecule has 0 aromatic heterocycles. The number of amides is 1. The first-order valence-corrected chi connectivity index (χ1v) is 7.18. The summed E-state index contributed by atoms with van der Waals surface area (Å²) in [5.41, 5.74) is 0. The van der Waals surface area contributed by atoms with Gasteiger partial charge in [0, 0.05) is 25.0 Å². The van der Waals surface area contributed by atoms with Gasteiger partial charge >= 0.3 is 0 Å². The lowest BCUT2D eigenvalue weighted by Gasteiger charge is -2.22. The van der Waals surface area contributed by atoms with E-state index in [0.29, 0.717) is 24.4 Å². The van der Waals surface area contributed by atoms with Crippen LogP contribution in [0.1, 0.15) is 59.3 Å². The number of hydrogen-bond acceptors (Lipinski definition) is 2. The summed E-state index contributed by atoms with van der Waals surface area (Å²) in [5, 5.41) is 3.36. The van der Waals surface area contributed by atoms with E-state index in [1.54, 1.807) is 0 Å².